The molecule has 0 aliphatic heterocycles. The van der Waals surface area contributed by atoms with Gasteiger partial charge < -0.3 is 0 Å². The lowest BCUT2D eigenvalue weighted by molar-refractivity contribution is 0.500. The summed E-state index contributed by atoms with van der Waals surface area (Å²) in [4.78, 5) is 0. The zero-order valence-electron chi connectivity index (χ0n) is 19.5. The van der Waals surface area contributed by atoms with Gasteiger partial charge in [-0.05, 0) is 44.1 Å². The third-order valence-corrected chi connectivity index (χ3v) is 5.73. The molecule has 0 N–H and O–H groups in total. The lowest BCUT2D eigenvalue weighted by atomic mass is 9.64. The molecule has 0 radical (unpaired) electrons. The molecule has 0 unspecified atom stereocenters. The van der Waals surface area contributed by atoms with Crippen LogP contribution in [0.5, 0.6) is 0 Å². The van der Waals surface area contributed by atoms with Crippen LogP contribution in [-0.2, 0) is 21.7 Å². The molecule has 0 spiro atoms. The molecule has 0 bridgehead atoms. The van der Waals surface area contributed by atoms with Crippen molar-refractivity contribution in [3.63, 3.8) is 0 Å². The minimum Gasteiger partial charge on any atom is -0.0622 e. The molecule has 2 aromatic rings. The first-order valence-corrected chi connectivity index (χ1v) is 10.3. The second kappa shape index (κ2) is 6.80. The summed E-state index contributed by atoms with van der Waals surface area (Å²) in [5, 5.41) is 0. The molecular weight excluding hydrogens is 324 g/mol. The van der Waals surface area contributed by atoms with Crippen LogP contribution in [0.4, 0.5) is 0 Å². The number of hydrogen-bond donors (Lipinski definition) is 0. The van der Waals surface area contributed by atoms with Gasteiger partial charge in [-0.15, -0.1) is 0 Å². The van der Waals surface area contributed by atoms with Crippen LogP contribution in [0.2, 0.25) is 0 Å². The highest BCUT2D eigenvalue weighted by atomic mass is 14.4. The van der Waals surface area contributed by atoms with E-state index < -0.39 is 0 Å². The Morgan fingerprint density at radius 2 is 0.963 bits per heavy atom. The van der Waals surface area contributed by atoms with E-state index in [4.69, 9.17) is 0 Å². The molecular formula is C27H40. The molecule has 27 heavy (non-hydrogen) atoms. The highest BCUT2D eigenvalue weighted by Crippen LogP contribution is 2.45. The fraction of sp³-hybridized carbons (Fsp3) is 0.556. The maximum Gasteiger partial charge on any atom is 0.0149 e. The summed E-state index contributed by atoms with van der Waals surface area (Å²) in [7, 11) is 0. The van der Waals surface area contributed by atoms with E-state index in [1.165, 1.54) is 27.8 Å². The first-order chi connectivity index (χ1) is 12.1. The minimum atomic E-state index is -0.0505. The third-order valence-electron chi connectivity index (χ3n) is 5.73. The largest absolute Gasteiger partial charge is 0.0622 e. The molecule has 0 amide bonds. The highest BCUT2D eigenvalue weighted by Gasteiger charge is 2.36. The molecule has 0 fully saturated rings. The third kappa shape index (κ3) is 4.48. The molecule has 0 heterocycles. The summed E-state index contributed by atoms with van der Waals surface area (Å²) < 4.78 is 0. The van der Waals surface area contributed by atoms with Crippen LogP contribution in [0, 0.1) is 0 Å². The Hall–Kier alpha value is -1.56. The topological polar surface area (TPSA) is 0 Å². The van der Waals surface area contributed by atoms with Crippen molar-refractivity contribution in [2.24, 2.45) is 0 Å². The Kier molecular flexibility index (Phi) is 5.47. The van der Waals surface area contributed by atoms with Gasteiger partial charge in [0.05, 0.1) is 0 Å². The Morgan fingerprint density at radius 1 is 0.481 bits per heavy atom. The molecule has 148 valence electrons. The van der Waals surface area contributed by atoms with Crippen molar-refractivity contribution in [2.45, 2.75) is 97.8 Å². The molecule has 0 nitrogen and oxygen atoms in total. The molecule has 2 rings (SSSR count). The molecule has 0 saturated carbocycles. The monoisotopic (exact) mass is 364 g/mol. The van der Waals surface area contributed by atoms with Crippen molar-refractivity contribution in [3.05, 3.63) is 70.3 Å². The lowest BCUT2D eigenvalue weighted by Crippen LogP contribution is -2.31. The maximum atomic E-state index is 2.49. The summed E-state index contributed by atoms with van der Waals surface area (Å²) >= 11 is 0. The van der Waals surface area contributed by atoms with Crippen LogP contribution in [0.3, 0.4) is 0 Å². The summed E-state index contributed by atoms with van der Waals surface area (Å²) in [6.07, 6.45) is 0. The lowest BCUT2D eigenvalue weighted by Gasteiger charge is -2.40. The Balaban J connectivity index is 2.98. The van der Waals surface area contributed by atoms with Crippen LogP contribution in [-0.4, -0.2) is 0 Å². The van der Waals surface area contributed by atoms with Gasteiger partial charge in [0.15, 0.2) is 0 Å². The summed E-state index contributed by atoms with van der Waals surface area (Å²) in [6, 6.07) is 15.9. The van der Waals surface area contributed by atoms with Gasteiger partial charge >= 0.3 is 0 Å². The van der Waals surface area contributed by atoms with E-state index in [0.717, 1.165) is 0 Å². The smallest absolute Gasteiger partial charge is 0.0149 e. The van der Waals surface area contributed by atoms with Gasteiger partial charge in [-0.25, -0.2) is 0 Å². The van der Waals surface area contributed by atoms with Gasteiger partial charge in [0, 0.05) is 5.41 Å². The molecule has 0 aliphatic rings. The van der Waals surface area contributed by atoms with E-state index in [1.54, 1.807) is 0 Å². The zero-order valence-corrected chi connectivity index (χ0v) is 19.5. The number of hydrogen-bond acceptors (Lipinski definition) is 0. The highest BCUT2D eigenvalue weighted by molar-refractivity contribution is 5.53. The van der Waals surface area contributed by atoms with Gasteiger partial charge in [0.25, 0.3) is 0 Å². The average molecular weight is 365 g/mol. The van der Waals surface area contributed by atoms with E-state index in [2.05, 4.69) is 119 Å². The van der Waals surface area contributed by atoms with Crippen LogP contribution >= 0.6 is 0 Å². The van der Waals surface area contributed by atoms with Gasteiger partial charge in [-0.2, -0.15) is 0 Å². The van der Waals surface area contributed by atoms with Crippen molar-refractivity contribution in [1.29, 1.82) is 0 Å². The van der Waals surface area contributed by atoms with E-state index in [9.17, 15) is 0 Å². The van der Waals surface area contributed by atoms with Gasteiger partial charge in [-0.3, -0.25) is 0 Å². The normalized spacial score (nSPS) is 13.7. The van der Waals surface area contributed by atoms with E-state index >= 15 is 0 Å². The standard InChI is InChI=1S/C27H40/c1-24(2,3)20-17-21(25(4,5)6)23(26(7,8)9)22(18-20)27(10,11)19-15-13-12-14-16-19/h12-18H,1-11H3. The van der Waals surface area contributed by atoms with Crippen molar-refractivity contribution in [3.8, 4) is 0 Å². The fourth-order valence-electron chi connectivity index (χ4n) is 3.98. The SMILES string of the molecule is CC(C)(C)c1cc(C(C)(C)C)c(C(C)(C)C)c(C(C)(C)c2ccccc2)c1. The Morgan fingerprint density at radius 3 is 1.37 bits per heavy atom. The van der Waals surface area contributed by atoms with Crippen molar-refractivity contribution < 1.29 is 0 Å². The van der Waals surface area contributed by atoms with Crippen molar-refractivity contribution >= 4 is 0 Å². The molecule has 2 aromatic carbocycles. The van der Waals surface area contributed by atoms with Crippen LogP contribution in [0.1, 0.15) is 104 Å². The molecule has 0 atom stereocenters. The summed E-state index contributed by atoms with van der Waals surface area (Å²) in [5.41, 5.74) is 7.53. The van der Waals surface area contributed by atoms with Gasteiger partial charge in [0.1, 0.15) is 0 Å². The zero-order chi connectivity index (χ0) is 20.8. The Labute approximate surface area is 168 Å². The number of rotatable bonds is 2. The van der Waals surface area contributed by atoms with Gasteiger partial charge in [-0.1, -0.05) is 119 Å². The van der Waals surface area contributed by atoms with Crippen LogP contribution in [0.15, 0.2) is 42.5 Å². The molecule has 0 saturated heterocycles. The van der Waals surface area contributed by atoms with Crippen LogP contribution < -0.4 is 0 Å². The van der Waals surface area contributed by atoms with Crippen molar-refractivity contribution in [2.75, 3.05) is 0 Å². The summed E-state index contributed by atoms with van der Waals surface area (Å²) in [5.74, 6) is 0. The molecule has 0 aliphatic carbocycles. The minimum absolute atomic E-state index is 0.0505. The first-order valence-electron chi connectivity index (χ1n) is 10.3. The second-order valence-corrected chi connectivity index (χ2v) is 11.7. The maximum absolute atomic E-state index is 2.49. The van der Waals surface area contributed by atoms with Gasteiger partial charge in [0.2, 0.25) is 0 Å². The predicted molar refractivity (Wildman–Crippen MR) is 121 cm³/mol. The molecule has 0 heteroatoms. The first kappa shape index (κ1) is 21.7. The Bertz CT molecular complexity index is 785. The predicted octanol–water partition coefficient (Wildman–Crippen LogP) is 7.91. The second-order valence-electron chi connectivity index (χ2n) is 11.7. The quantitative estimate of drug-likeness (QED) is 0.508. The fourth-order valence-corrected chi connectivity index (χ4v) is 3.98. The number of benzene rings is 2. The van der Waals surface area contributed by atoms with E-state index in [1.807, 2.05) is 0 Å². The molecule has 0 aromatic heterocycles. The van der Waals surface area contributed by atoms with E-state index in [-0.39, 0.29) is 21.7 Å². The van der Waals surface area contributed by atoms with Crippen LogP contribution in [0.25, 0.3) is 0 Å². The summed E-state index contributed by atoms with van der Waals surface area (Å²) in [6.45, 7) is 25.9. The average Bonchev–Trinajstić information content (AvgIpc) is 2.52. The van der Waals surface area contributed by atoms with Crippen molar-refractivity contribution in [1.82, 2.24) is 0 Å². The van der Waals surface area contributed by atoms with E-state index in [0.29, 0.717) is 0 Å².